The van der Waals surface area contributed by atoms with Crippen LogP contribution in [0.15, 0.2) is 36.7 Å². The number of likely N-dealkylation sites (tertiary alicyclic amines) is 2. The topological polar surface area (TPSA) is 44.5 Å². The number of piperidine rings is 1. The molecule has 5 nitrogen and oxygen atoms in total. The van der Waals surface area contributed by atoms with E-state index in [1.807, 2.05) is 10.9 Å². The van der Waals surface area contributed by atoms with Crippen LogP contribution in [0.5, 0.6) is 0 Å². The van der Waals surface area contributed by atoms with Gasteiger partial charge in [0.05, 0.1) is 17.5 Å². The van der Waals surface area contributed by atoms with E-state index in [1.54, 1.807) is 0 Å². The highest BCUT2D eigenvalue weighted by Crippen LogP contribution is 2.25. The van der Waals surface area contributed by atoms with Crippen LogP contribution < -0.4 is 0 Å². The Balaban J connectivity index is 1.35. The third kappa shape index (κ3) is 4.17. The van der Waals surface area contributed by atoms with E-state index in [9.17, 15) is 5.11 Å². The van der Waals surface area contributed by atoms with Gasteiger partial charge in [0.2, 0.25) is 0 Å². The first-order chi connectivity index (χ1) is 12.6. The summed E-state index contributed by atoms with van der Waals surface area (Å²) >= 11 is 0. The van der Waals surface area contributed by atoms with Gasteiger partial charge < -0.3 is 10.0 Å². The van der Waals surface area contributed by atoms with Gasteiger partial charge >= 0.3 is 0 Å². The number of aromatic nitrogens is 2. The van der Waals surface area contributed by atoms with Crippen molar-refractivity contribution < 1.29 is 5.11 Å². The molecule has 0 saturated carbocycles. The van der Waals surface area contributed by atoms with E-state index in [-0.39, 0.29) is 0 Å². The second-order valence-corrected chi connectivity index (χ2v) is 8.15. The number of benzene rings is 1. The van der Waals surface area contributed by atoms with Gasteiger partial charge in [0.25, 0.3) is 0 Å². The van der Waals surface area contributed by atoms with Gasteiger partial charge in [-0.05, 0) is 57.0 Å². The summed E-state index contributed by atoms with van der Waals surface area (Å²) in [6, 6.07) is 8.38. The molecule has 2 fully saturated rings. The molecule has 1 aromatic carbocycles. The molecule has 4 rings (SSSR count). The molecule has 0 spiro atoms. The number of nitrogens with zero attached hydrogens (tertiary/aromatic N) is 4. The standard InChI is InChI=1S/C21H30N4O/c1-18-6-5-7-20(12-18)25-15-19(13-22-25)14-24-11-8-21(26,17-24)16-23-9-3-2-4-10-23/h5-7,12-13,15,26H,2-4,8-11,14,16-17H2,1H3/t21-/m0/s1. The molecule has 5 heteroatoms. The Morgan fingerprint density at radius 3 is 2.77 bits per heavy atom. The summed E-state index contributed by atoms with van der Waals surface area (Å²) in [5, 5.41) is 15.5. The quantitative estimate of drug-likeness (QED) is 0.896. The van der Waals surface area contributed by atoms with E-state index < -0.39 is 5.60 Å². The number of aryl methyl sites for hydroxylation is 1. The molecule has 0 bridgehead atoms. The minimum Gasteiger partial charge on any atom is -0.387 e. The molecule has 0 radical (unpaired) electrons. The maximum absolute atomic E-state index is 11.0. The first kappa shape index (κ1) is 17.7. The van der Waals surface area contributed by atoms with E-state index in [0.717, 1.165) is 51.4 Å². The summed E-state index contributed by atoms with van der Waals surface area (Å²) in [6.45, 7) is 7.79. The molecule has 3 heterocycles. The van der Waals surface area contributed by atoms with E-state index >= 15 is 0 Å². The Morgan fingerprint density at radius 2 is 1.96 bits per heavy atom. The Bertz CT molecular complexity index is 737. The van der Waals surface area contributed by atoms with Gasteiger partial charge in [-0.1, -0.05) is 18.6 Å². The minimum absolute atomic E-state index is 0.552. The lowest BCUT2D eigenvalue weighted by Gasteiger charge is -2.33. The second-order valence-electron chi connectivity index (χ2n) is 8.15. The van der Waals surface area contributed by atoms with E-state index in [0.29, 0.717) is 0 Å². The fourth-order valence-electron chi connectivity index (χ4n) is 4.35. The fourth-order valence-corrected chi connectivity index (χ4v) is 4.35. The van der Waals surface area contributed by atoms with Crippen LogP contribution in [-0.4, -0.2) is 63.0 Å². The second kappa shape index (κ2) is 7.51. The maximum atomic E-state index is 11.0. The number of hydrogen-bond acceptors (Lipinski definition) is 4. The van der Waals surface area contributed by atoms with Crippen molar-refractivity contribution in [3.8, 4) is 5.69 Å². The van der Waals surface area contributed by atoms with Gasteiger partial charge in [0.15, 0.2) is 0 Å². The molecule has 2 aromatic rings. The van der Waals surface area contributed by atoms with E-state index in [2.05, 4.69) is 52.3 Å². The molecular weight excluding hydrogens is 324 g/mol. The molecule has 1 atom stereocenters. The summed E-state index contributed by atoms with van der Waals surface area (Å²) in [4.78, 5) is 4.81. The lowest BCUT2D eigenvalue weighted by Crippen LogP contribution is -2.46. The Labute approximate surface area is 156 Å². The van der Waals surface area contributed by atoms with Crippen molar-refractivity contribution in [1.82, 2.24) is 19.6 Å². The minimum atomic E-state index is -0.552. The average molecular weight is 354 g/mol. The number of hydrogen-bond donors (Lipinski definition) is 1. The normalized spacial score (nSPS) is 25.0. The van der Waals surface area contributed by atoms with Crippen molar-refractivity contribution in [3.05, 3.63) is 47.8 Å². The zero-order valence-electron chi connectivity index (χ0n) is 15.8. The molecule has 2 aliphatic heterocycles. The lowest BCUT2D eigenvalue weighted by molar-refractivity contribution is 0.00635. The van der Waals surface area contributed by atoms with Crippen LogP contribution in [0, 0.1) is 6.92 Å². The van der Waals surface area contributed by atoms with Crippen LogP contribution in [0.1, 0.15) is 36.8 Å². The highest BCUT2D eigenvalue weighted by Gasteiger charge is 2.37. The van der Waals surface area contributed by atoms with E-state index in [4.69, 9.17) is 0 Å². The third-order valence-electron chi connectivity index (χ3n) is 5.69. The molecule has 0 amide bonds. The van der Waals surface area contributed by atoms with Gasteiger partial charge in [-0.25, -0.2) is 4.68 Å². The van der Waals surface area contributed by atoms with Gasteiger partial charge in [-0.3, -0.25) is 4.90 Å². The SMILES string of the molecule is Cc1cccc(-n2cc(CN3CC[C@](O)(CN4CCCCC4)C3)cn2)c1. The van der Waals surface area contributed by atoms with Crippen molar-refractivity contribution in [2.75, 3.05) is 32.7 Å². The molecule has 140 valence electrons. The average Bonchev–Trinajstić information content (AvgIpc) is 3.23. The van der Waals surface area contributed by atoms with Crippen LogP contribution >= 0.6 is 0 Å². The van der Waals surface area contributed by atoms with Crippen LogP contribution in [0.4, 0.5) is 0 Å². The Morgan fingerprint density at radius 1 is 1.12 bits per heavy atom. The van der Waals surface area contributed by atoms with Crippen LogP contribution in [-0.2, 0) is 6.54 Å². The zero-order chi connectivity index (χ0) is 18.0. The van der Waals surface area contributed by atoms with Gasteiger partial charge in [0, 0.05) is 37.9 Å². The number of rotatable bonds is 5. The first-order valence-corrected chi connectivity index (χ1v) is 9.87. The van der Waals surface area contributed by atoms with Crippen LogP contribution in [0.25, 0.3) is 5.69 Å². The van der Waals surface area contributed by atoms with Crippen molar-refractivity contribution in [2.24, 2.45) is 0 Å². The monoisotopic (exact) mass is 354 g/mol. The van der Waals surface area contributed by atoms with Gasteiger partial charge in [-0.2, -0.15) is 5.10 Å². The molecule has 1 aromatic heterocycles. The molecule has 2 saturated heterocycles. The van der Waals surface area contributed by atoms with Crippen molar-refractivity contribution in [2.45, 2.75) is 44.8 Å². The smallest absolute Gasteiger partial charge is 0.0912 e. The highest BCUT2D eigenvalue weighted by molar-refractivity contribution is 5.35. The summed E-state index contributed by atoms with van der Waals surface area (Å²) in [5.74, 6) is 0. The van der Waals surface area contributed by atoms with Crippen molar-refractivity contribution >= 4 is 0 Å². The Hall–Kier alpha value is -1.69. The van der Waals surface area contributed by atoms with Crippen molar-refractivity contribution in [1.29, 1.82) is 0 Å². The molecule has 2 aliphatic rings. The Kier molecular flexibility index (Phi) is 5.11. The summed E-state index contributed by atoms with van der Waals surface area (Å²) < 4.78 is 1.94. The summed E-state index contributed by atoms with van der Waals surface area (Å²) in [5.41, 5.74) is 2.99. The molecule has 0 unspecified atom stereocenters. The molecule has 26 heavy (non-hydrogen) atoms. The third-order valence-corrected chi connectivity index (χ3v) is 5.69. The molecular formula is C21H30N4O. The number of β-amino-alcohol motifs (C(OH)–C–C–N with tert-alkyl or cyclic N) is 1. The summed E-state index contributed by atoms with van der Waals surface area (Å²) in [6.07, 6.45) is 8.82. The summed E-state index contributed by atoms with van der Waals surface area (Å²) in [7, 11) is 0. The largest absolute Gasteiger partial charge is 0.387 e. The lowest BCUT2D eigenvalue weighted by atomic mass is 10.0. The van der Waals surface area contributed by atoms with Crippen LogP contribution in [0.2, 0.25) is 0 Å². The highest BCUT2D eigenvalue weighted by atomic mass is 16.3. The van der Waals surface area contributed by atoms with Gasteiger partial charge in [-0.15, -0.1) is 0 Å². The van der Waals surface area contributed by atoms with Crippen LogP contribution in [0.3, 0.4) is 0 Å². The van der Waals surface area contributed by atoms with E-state index in [1.165, 1.54) is 30.4 Å². The first-order valence-electron chi connectivity index (χ1n) is 9.87. The van der Waals surface area contributed by atoms with Gasteiger partial charge in [0.1, 0.15) is 0 Å². The molecule has 1 N–H and O–H groups in total. The predicted molar refractivity (Wildman–Crippen MR) is 103 cm³/mol. The zero-order valence-corrected chi connectivity index (χ0v) is 15.8. The fraction of sp³-hybridized carbons (Fsp3) is 0.571. The molecule has 0 aliphatic carbocycles. The van der Waals surface area contributed by atoms with Crippen molar-refractivity contribution in [3.63, 3.8) is 0 Å². The number of aliphatic hydroxyl groups is 1. The maximum Gasteiger partial charge on any atom is 0.0912 e. The predicted octanol–water partition coefficient (Wildman–Crippen LogP) is 2.60.